The van der Waals surface area contributed by atoms with E-state index in [-0.39, 0.29) is 5.41 Å². The lowest BCUT2D eigenvalue weighted by molar-refractivity contribution is -0.160. The summed E-state index contributed by atoms with van der Waals surface area (Å²) in [4.78, 5) is 22.5. The average molecular weight is 499 g/mol. The second-order valence-corrected chi connectivity index (χ2v) is 11.8. The lowest BCUT2D eigenvalue weighted by atomic mass is 9.85. The molecule has 37 heavy (non-hydrogen) atoms. The maximum atomic E-state index is 12.7. The Morgan fingerprint density at radius 2 is 1.84 bits per heavy atom. The zero-order chi connectivity index (χ0) is 26.7. The Kier molecular flexibility index (Phi) is 5.99. The van der Waals surface area contributed by atoms with Crippen molar-refractivity contribution in [1.82, 2.24) is 9.97 Å². The fraction of sp³-hybridized carbons (Fsp3) is 0.387. The van der Waals surface area contributed by atoms with Gasteiger partial charge in [-0.05, 0) is 74.7 Å². The van der Waals surface area contributed by atoms with Gasteiger partial charge >= 0.3 is 5.97 Å². The van der Waals surface area contributed by atoms with Gasteiger partial charge in [-0.25, -0.2) is 4.79 Å². The van der Waals surface area contributed by atoms with Crippen molar-refractivity contribution in [3.8, 4) is 16.9 Å². The summed E-state index contributed by atoms with van der Waals surface area (Å²) in [6.45, 7) is 14.6. The first-order valence-electron chi connectivity index (χ1n) is 12.7. The second kappa shape index (κ2) is 8.80. The van der Waals surface area contributed by atoms with E-state index in [2.05, 4.69) is 26.8 Å². The predicted octanol–water partition coefficient (Wildman–Crippen LogP) is 6.93. The van der Waals surface area contributed by atoms with Crippen molar-refractivity contribution in [3.63, 3.8) is 0 Å². The van der Waals surface area contributed by atoms with Crippen LogP contribution in [0.15, 0.2) is 42.6 Å². The molecule has 0 aliphatic carbocycles. The molecule has 0 saturated heterocycles. The van der Waals surface area contributed by atoms with Crippen LogP contribution in [-0.2, 0) is 21.4 Å². The Bertz CT molecular complexity index is 1530. The third kappa shape index (κ3) is 4.55. The van der Waals surface area contributed by atoms with E-state index < -0.39 is 17.7 Å². The van der Waals surface area contributed by atoms with Gasteiger partial charge in [-0.1, -0.05) is 26.8 Å². The number of rotatable bonds is 4. The van der Waals surface area contributed by atoms with Crippen molar-refractivity contribution in [2.75, 3.05) is 6.61 Å². The molecule has 5 rings (SSSR count). The van der Waals surface area contributed by atoms with Gasteiger partial charge in [-0.2, -0.15) is 0 Å². The van der Waals surface area contributed by atoms with Crippen LogP contribution in [0.25, 0.3) is 32.9 Å². The molecule has 2 aromatic heterocycles. The number of nitrogens with zero attached hydrogens (tertiary/aromatic N) is 2. The summed E-state index contributed by atoms with van der Waals surface area (Å²) in [7, 11) is 0. The molecule has 0 bridgehead atoms. The minimum Gasteiger partial charge on any atom is -0.493 e. The summed E-state index contributed by atoms with van der Waals surface area (Å²) in [5, 5.41) is 12.2. The Morgan fingerprint density at radius 3 is 2.51 bits per heavy atom. The largest absolute Gasteiger partial charge is 0.493 e. The molecule has 192 valence electrons. The number of carboxylic acid groups (broad SMARTS) is 1. The highest BCUT2D eigenvalue weighted by Gasteiger charge is 2.33. The van der Waals surface area contributed by atoms with E-state index in [0.29, 0.717) is 12.2 Å². The number of carboxylic acids is 1. The fourth-order valence-electron chi connectivity index (χ4n) is 5.16. The minimum atomic E-state index is -1.16. The molecule has 0 amide bonds. The number of fused-ring (bicyclic) bond motifs is 1. The number of pyridine rings is 2. The van der Waals surface area contributed by atoms with Crippen LogP contribution in [0.5, 0.6) is 5.75 Å². The topological polar surface area (TPSA) is 81.5 Å². The van der Waals surface area contributed by atoms with E-state index in [9.17, 15) is 9.90 Å². The van der Waals surface area contributed by atoms with E-state index in [4.69, 9.17) is 19.4 Å². The molecule has 0 radical (unpaired) electrons. The van der Waals surface area contributed by atoms with E-state index in [1.165, 1.54) is 5.56 Å². The quantitative estimate of drug-likeness (QED) is 0.328. The Hall–Kier alpha value is -3.51. The summed E-state index contributed by atoms with van der Waals surface area (Å²) in [6, 6.07) is 12.1. The standard InChI is InChI=1S/C31H34N2O4/c1-17-16-21-19(9-11-23(33-21)30(2,3)4)26(24(17)28(29(34)35)37-31(5,6)7)20-8-10-22-25-18(13-15-36-22)12-14-32-27(20)25/h8-12,14,16,28H,13,15H2,1-7H3,(H,34,35)/t28-/m0/s1. The number of ether oxygens (including phenoxy) is 2. The van der Waals surface area contributed by atoms with Crippen LogP contribution < -0.4 is 4.74 Å². The molecule has 6 nitrogen and oxygen atoms in total. The molecular formula is C31H34N2O4. The predicted molar refractivity (Wildman–Crippen MR) is 146 cm³/mol. The molecule has 4 aromatic rings. The molecule has 1 atom stereocenters. The van der Waals surface area contributed by atoms with Crippen molar-refractivity contribution in [2.45, 2.75) is 72.0 Å². The van der Waals surface area contributed by atoms with Crippen LogP contribution in [0.4, 0.5) is 0 Å². The molecule has 1 aliphatic heterocycles. The average Bonchev–Trinajstić information content (AvgIpc) is 2.81. The number of hydrogen-bond acceptors (Lipinski definition) is 5. The van der Waals surface area contributed by atoms with Crippen LogP contribution >= 0.6 is 0 Å². The van der Waals surface area contributed by atoms with E-state index in [1.807, 2.05) is 64.2 Å². The molecule has 6 heteroatoms. The van der Waals surface area contributed by atoms with Crippen LogP contribution in [-0.4, -0.2) is 33.3 Å². The molecule has 1 N–H and O–H groups in total. The summed E-state index contributed by atoms with van der Waals surface area (Å²) in [5.41, 5.74) is 6.06. The number of hydrogen-bond donors (Lipinski definition) is 1. The number of aliphatic carboxylic acids is 1. The van der Waals surface area contributed by atoms with Crippen molar-refractivity contribution < 1.29 is 19.4 Å². The molecule has 2 aromatic carbocycles. The van der Waals surface area contributed by atoms with Crippen molar-refractivity contribution >= 4 is 27.8 Å². The third-order valence-electron chi connectivity index (χ3n) is 6.81. The monoisotopic (exact) mass is 498 g/mol. The highest BCUT2D eigenvalue weighted by atomic mass is 16.5. The summed E-state index contributed by atoms with van der Waals surface area (Å²) < 4.78 is 12.1. The van der Waals surface area contributed by atoms with Gasteiger partial charge in [0.15, 0.2) is 6.10 Å². The number of carbonyl (C=O) groups is 1. The van der Waals surface area contributed by atoms with E-state index in [1.54, 1.807) is 0 Å². The first-order valence-corrected chi connectivity index (χ1v) is 12.7. The maximum Gasteiger partial charge on any atom is 0.337 e. The van der Waals surface area contributed by atoms with Gasteiger partial charge < -0.3 is 14.6 Å². The van der Waals surface area contributed by atoms with E-state index in [0.717, 1.165) is 56.4 Å². The summed E-state index contributed by atoms with van der Waals surface area (Å²) in [5.74, 6) is -0.225. The van der Waals surface area contributed by atoms with Gasteiger partial charge in [0.25, 0.3) is 0 Å². The summed E-state index contributed by atoms with van der Waals surface area (Å²) in [6.07, 6.45) is 1.46. The van der Waals surface area contributed by atoms with Crippen LogP contribution in [0.1, 0.15) is 70.0 Å². The Labute approximate surface area is 217 Å². The maximum absolute atomic E-state index is 12.7. The molecule has 0 saturated carbocycles. The smallest absolute Gasteiger partial charge is 0.337 e. The van der Waals surface area contributed by atoms with Crippen LogP contribution in [0, 0.1) is 6.92 Å². The molecule has 0 unspecified atom stereocenters. The lowest BCUT2D eigenvalue weighted by Gasteiger charge is -2.29. The van der Waals surface area contributed by atoms with Crippen LogP contribution in [0.2, 0.25) is 0 Å². The number of aromatic nitrogens is 2. The third-order valence-corrected chi connectivity index (χ3v) is 6.81. The van der Waals surface area contributed by atoms with Crippen LogP contribution in [0.3, 0.4) is 0 Å². The fourth-order valence-corrected chi connectivity index (χ4v) is 5.16. The number of benzene rings is 2. The van der Waals surface area contributed by atoms with Gasteiger partial charge in [0, 0.05) is 45.6 Å². The van der Waals surface area contributed by atoms with Crippen molar-refractivity contribution in [3.05, 3.63) is 65.0 Å². The Morgan fingerprint density at radius 1 is 1.08 bits per heavy atom. The molecule has 3 heterocycles. The minimum absolute atomic E-state index is 0.126. The molecular weight excluding hydrogens is 464 g/mol. The highest BCUT2D eigenvalue weighted by Crippen LogP contribution is 2.45. The number of aryl methyl sites for hydroxylation is 1. The lowest BCUT2D eigenvalue weighted by Crippen LogP contribution is -2.28. The van der Waals surface area contributed by atoms with Crippen molar-refractivity contribution in [2.24, 2.45) is 0 Å². The normalized spacial score (nSPS) is 14.6. The van der Waals surface area contributed by atoms with Gasteiger partial charge in [0.05, 0.1) is 23.2 Å². The molecule has 0 fully saturated rings. The van der Waals surface area contributed by atoms with E-state index >= 15 is 0 Å². The first kappa shape index (κ1) is 25.2. The van der Waals surface area contributed by atoms with Gasteiger partial charge in [0.2, 0.25) is 0 Å². The van der Waals surface area contributed by atoms with Gasteiger partial charge in [-0.3, -0.25) is 9.97 Å². The summed E-state index contributed by atoms with van der Waals surface area (Å²) >= 11 is 0. The SMILES string of the molecule is Cc1cc2nc(C(C)(C)C)ccc2c(-c2ccc3c4c(ccnc24)CCO3)c1[C@H](OC(C)(C)C)C(=O)O. The molecule has 1 aliphatic rings. The first-order chi connectivity index (χ1) is 17.3. The zero-order valence-corrected chi connectivity index (χ0v) is 22.6. The second-order valence-electron chi connectivity index (χ2n) is 11.8. The van der Waals surface area contributed by atoms with Gasteiger partial charge in [-0.15, -0.1) is 0 Å². The Balaban J connectivity index is 1.91. The zero-order valence-electron chi connectivity index (χ0n) is 22.6. The molecule has 0 spiro atoms. The highest BCUT2D eigenvalue weighted by molar-refractivity contribution is 6.08. The van der Waals surface area contributed by atoms with Gasteiger partial charge in [0.1, 0.15) is 5.75 Å². The van der Waals surface area contributed by atoms with Crippen molar-refractivity contribution in [1.29, 1.82) is 0 Å².